The molecule has 0 radical (unpaired) electrons. The average molecular weight is 289 g/mol. The summed E-state index contributed by atoms with van der Waals surface area (Å²) in [6.07, 6.45) is 1.53. The predicted octanol–water partition coefficient (Wildman–Crippen LogP) is 3.11. The maximum Gasteiger partial charge on any atom is 0.271 e. The summed E-state index contributed by atoms with van der Waals surface area (Å²) < 4.78 is 5.06. The van der Waals surface area contributed by atoms with E-state index in [2.05, 4.69) is 10.5 Å². The number of benzene rings is 2. The second-order valence-corrected chi connectivity index (χ2v) is 4.42. The number of halogens is 1. The molecule has 1 amide bonds. The molecule has 0 fully saturated rings. The zero-order valence-corrected chi connectivity index (χ0v) is 11.6. The molecular formula is C15H13ClN2O2. The van der Waals surface area contributed by atoms with E-state index in [0.29, 0.717) is 16.3 Å². The molecule has 4 nitrogen and oxygen atoms in total. The molecule has 0 atom stereocenters. The molecule has 0 heterocycles. The molecule has 0 aliphatic rings. The normalized spacial score (nSPS) is 10.5. The van der Waals surface area contributed by atoms with Gasteiger partial charge in [0.1, 0.15) is 5.75 Å². The first-order valence-electron chi connectivity index (χ1n) is 5.92. The van der Waals surface area contributed by atoms with Gasteiger partial charge in [0.2, 0.25) is 0 Å². The van der Waals surface area contributed by atoms with Crippen LogP contribution in [0, 0.1) is 0 Å². The monoisotopic (exact) mass is 288 g/mol. The van der Waals surface area contributed by atoms with Crippen LogP contribution in [-0.2, 0) is 0 Å². The van der Waals surface area contributed by atoms with Gasteiger partial charge < -0.3 is 4.74 Å². The van der Waals surface area contributed by atoms with Gasteiger partial charge in [-0.15, -0.1) is 0 Å². The summed E-state index contributed by atoms with van der Waals surface area (Å²) in [5.41, 5.74) is 3.74. The Morgan fingerprint density at radius 2 is 2.05 bits per heavy atom. The van der Waals surface area contributed by atoms with Crippen molar-refractivity contribution in [2.75, 3.05) is 7.11 Å². The molecule has 0 aromatic heterocycles. The van der Waals surface area contributed by atoms with Crippen LogP contribution in [0.5, 0.6) is 5.75 Å². The van der Waals surface area contributed by atoms with Gasteiger partial charge in [-0.3, -0.25) is 4.79 Å². The van der Waals surface area contributed by atoms with Crippen LogP contribution in [0.1, 0.15) is 15.9 Å². The SMILES string of the molecule is COc1cccc(C(=O)NN=Cc2cccc(Cl)c2)c1. The first kappa shape index (κ1) is 14.1. The van der Waals surface area contributed by atoms with Crippen molar-refractivity contribution in [3.05, 3.63) is 64.7 Å². The molecule has 102 valence electrons. The number of hydrogen-bond donors (Lipinski definition) is 1. The van der Waals surface area contributed by atoms with Crippen LogP contribution >= 0.6 is 11.6 Å². The summed E-state index contributed by atoms with van der Waals surface area (Å²) in [5.74, 6) is 0.318. The number of amides is 1. The van der Waals surface area contributed by atoms with Gasteiger partial charge in [-0.1, -0.05) is 29.8 Å². The lowest BCUT2D eigenvalue weighted by Gasteiger charge is -2.02. The molecule has 0 spiro atoms. The van der Waals surface area contributed by atoms with Crippen LogP contribution in [0.3, 0.4) is 0 Å². The van der Waals surface area contributed by atoms with Crippen LogP contribution in [0.4, 0.5) is 0 Å². The van der Waals surface area contributed by atoms with E-state index in [1.165, 1.54) is 6.21 Å². The summed E-state index contributed by atoms with van der Waals surface area (Å²) in [4.78, 5) is 11.9. The quantitative estimate of drug-likeness (QED) is 0.694. The highest BCUT2D eigenvalue weighted by atomic mass is 35.5. The lowest BCUT2D eigenvalue weighted by molar-refractivity contribution is 0.0955. The molecule has 5 heteroatoms. The Labute approximate surface area is 122 Å². The highest BCUT2D eigenvalue weighted by Crippen LogP contribution is 2.12. The Bertz CT molecular complexity index is 641. The molecule has 0 saturated heterocycles. The zero-order chi connectivity index (χ0) is 14.4. The maximum absolute atomic E-state index is 11.9. The van der Waals surface area contributed by atoms with E-state index in [1.807, 2.05) is 12.1 Å². The van der Waals surface area contributed by atoms with Crippen molar-refractivity contribution < 1.29 is 9.53 Å². The van der Waals surface area contributed by atoms with Crippen molar-refractivity contribution in [2.45, 2.75) is 0 Å². The summed E-state index contributed by atoms with van der Waals surface area (Å²) in [6, 6.07) is 14.0. The van der Waals surface area contributed by atoms with Crippen LogP contribution in [0.2, 0.25) is 5.02 Å². The number of ether oxygens (including phenoxy) is 1. The summed E-state index contributed by atoms with van der Waals surface area (Å²) in [7, 11) is 1.55. The Morgan fingerprint density at radius 3 is 2.80 bits per heavy atom. The molecular weight excluding hydrogens is 276 g/mol. The number of carbonyl (C=O) groups excluding carboxylic acids is 1. The van der Waals surface area contributed by atoms with E-state index in [0.717, 1.165) is 5.56 Å². The number of nitrogens with zero attached hydrogens (tertiary/aromatic N) is 1. The molecule has 0 unspecified atom stereocenters. The van der Waals surface area contributed by atoms with E-state index in [4.69, 9.17) is 16.3 Å². The fourth-order valence-electron chi connectivity index (χ4n) is 1.58. The molecule has 0 saturated carbocycles. The fourth-order valence-corrected chi connectivity index (χ4v) is 1.78. The lowest BCUT2D eigenvalue weighted by Crippen LogP contribution is -2.17. The smallest absolute Gasteiger partial charge is 0.271 e. The number of carbonyl (C=O) groups is 1. The Kier molecular flexibility index (Phi) is 4.74. The van der Waals surface area contributed by atoms with E-state index in [9.17, 15) is 4.79 Å². The van der Waals surface area contributed by atoms with Crippen molar-refractivity contribution in [2.24, 2.45) is 5.10 Å². The lowest BCUT2D eigenvalue weighted by atomic mass is 10.2. The highest BCUT2D eigenvalue weighted by molar-refractivity contribution is 6.30. The number of methoxy groups -OCH3 is 1. The molecule has 0 aliphatic carbocycles. The van der Waals surface area contributed by atoms with Crippen molar-refractivity contribution in [3.8, 4) is 5.75 Å². The molecule has 2 rings (SSSR count). The molecule has 0 bridgehead atoms. The maximum atomic E-state index is 11.9. The number of hydrogen-bond acceptors (Lipinski definition) is 3. The number of hydrazone groups is 1. The third-order valence-corrected chi connectivity index (χ3v) is 2.80. The second kappa shape index (κ2) is 6.73. The van der Waals surface area contributed by atoms with E-state index in [-0.39, 0.29) is 5.91 Å². The molecule has 0 aliphatic heterocycles. The second-order valence-electron chi connectivity index (χ2n) is 3.99. The van der Waals surface area contributed by atoms with Gasteiger partial charge in [0.05, 0.1) is 13.3 Å². The molecule has 2 aromatic rings. The van der Waals surface area contributed by atoms with E-state index >= 15 is 0 Å². The fraction of sp³-hybridized carbons (Fsp3) is 0.0667. The highest BCUT2D eigenvalue weighted by Gasteiger charge is 2.04. The van der Waals surface area contributed by atoms with E-state index in [1.54, 1.807) is 43.5 Å². The van der Waals surface area contributed by atoms with Crippen molar-refractivity contribution >= 4 is 23.7 Å². The van der Waals surface area contributed by atoms with Gasteiger partial charge in [0, 0.05) is 10.6 Å². The minimum atomic E-state index is -0.304. The third-order valence-electron chi connectivity index (χ3n) is 2.56. The minimum absolute atomic E-state index is 0.304. The van der Waals surface area contributed by atoms with Gasteiger partial charge in [0.15, 0.2) is 0 Å². The van der Waals surface area contributed by atoms with Crippen LogP contribution in [0.15, 0.2) is 53.6 Å². The third kappa shape index (κ3) is 3.83. The van der Waals surface area contributed by atoms with Crippen molar-refractivity contribution in [3.63, 3.8) is 0 Å². The van der Waals surface area contributed by atoms with Gasteiger partial charge >= 0.3 is 0 Å². The molecule has 2 aromatic carbocycles. The van der Waals surface area contributed by atoms with Crippen LogP contribution in [0.25, 0.3) is 0 Å². The Hall–Kier alpha value is -2.33. The van der Waals surface area contributed by atoms with Gasteiger partial charge in [-0.2, -0.15) is 5.10 Å². The Balaban J connectivity index is 2.01. The van der Waals surface area contributed by atoms with Gasteiger partial charge in [-0.25, -0.2) is 5.43 Å². The summed E-state index contributed by atoms with van der Waals surface area (Å²) in [5, 5.41) is 4.51. The van der Waals surface area contributed by atoms with Crippen molar-refractivity contribution in [1.82, 2.24) is 5.43 Å². The number of nitrogens with one attached hydrogen (secondary N) is 1. The first-order valence-corrected chi connectivity index (χ1v) is 6.30. The summed E-state index contributed by atoms with van der Waals surface area (Å²) >= 11 is 5.85. The minimum Gasteiger partial charge on any atom is -0.497 e. The van der Waals surface area contributed by atoms with Gasteiger partial charge in [0.25, 0.3) is 5.91 Å². The largest absolute Gasteiger partial charge is 0.497 e. The predicted molar refractivity (Wildman–Crippen MR) is 79.5 cm³/mol. The van der Waals surface area contributed by atoms with Crippen LogP contribution < -0.4 is 10.2 Å². The zero-order valence-electron chi connectivity index (χ0n) is 10.8. The molecule has 1 N–H and O–H groups in total. The standard InChI is InChI=1S/C15H13ClN2O2/c1-20-14-7-3-5-12(9-14)15(19)18-17-10-11-4-2-6-13(16)8-11/h2-10H,1H3,(H,18,19). The first-order chi connectivity index (χ1) is 9.69. The molecule has 20 heavy (non-hydrogen) atoms. The van der Waals surface area contributed by atoms with E-state index < -0.39 is 0 Å². The van der Waals surface area contributed by atoms with Crippen molar-refractivity contribution in [1.29, 1.82) is 0 Å². The summed E-state index contributed by atoms with van der Waals surface area (Å²) in [6.45, 7) is 0. The number of rotatable bonds is 4. The average Bonchev–Trinajstić information content (AvgIpc) is 2.47. The van der Waals surface area contributed by atoms with Gasteiger partial charge in [-0.05, 0) is 35.9 Å². The Morgan fingerprint density at radius 1 is 1.25 bits per heavy atom. The van der Waals surface area contributed by atoms with Crippen LogP contribution in [-0.4, -0.2) is 19.2 Å². The topological polar surface area (TPSA) is 50.7 Å².